The number of pyridine rings is 1. The van der Waals surface area contributed by atoms with Crippen molar-refractivity contribution in [1.29, 1.82) is 0 Å². The fourth-order valence-electron chi connectivity index (χ4n) is 2.31. The molecule has 0 radical (unpaired) electrons. The van der Waals surface area contributed by atoms with Crippen LogP contribution in [-0.2, 0) is 13.1 Å². The normalized spacial score (nSPS) is 11.1. The highest BCUT2D eigenvalue weighted by Gasteiger charge is 2.04. The lowest BCUT2D eigenvalue weighted by Gasteiger charge is -2.08. The molecule has 1 N–H and O–H groups in total. The SMILES string of the molecule is Cc1ccc(C)c(CNCc2nnc3ccccn23)c1. The van der Waals surface area contributed by atoms with Crippen molar-refractivity contribution in [3.8, 4) is 0 Å². The Kier molecular flexibility index (Phi) is 3.48. The zero-order chi connectivity index (χ0) is 13.9. The smallest absolute Gasteiger partial charge is 0.160 e. The predicted octanol–water partition coefficient (Wildman–Crippen LogP) is 2.64. The second-order valence-electron chi connectivity index (χ2n) is 5.08. The summed E-state index contributed by atoms with van der Waals surface area (Å²) in [5, 5.41) is 11.8. The number of fused-ring (bicyclic) bond motifs is 1. The van der Waals surface area contributed by atoms with Gasteiger partial charge in [0, 0.05) is 12.7 Å². The summed E-state index contributed by atoms with van der Waals surface area (Å²) in [6.07, 6.45) is 1.99. The predicted molar refractivity (Wildman–Crippen MR) is 79.4 cm³/mol. The van der Waals surface area contributed by atoms with Crippen LogP contribution >= 0.6 is 0 Å². The van der Waals surface area contributed by atoms with Crippen LogP contribution in [0.1, 0.15) is 22.5 Å². The summed E-state index contributed by atoms with van der Waals surface area (Å²) in [7, 11) is 0. The zero-order valence-electron chi connectivity index (χ0n) is 11.8. The third-order valence-corrected chi connectivity index (χ3v) is 3.49. The quantitative estimate of drug-likeness (QED) is 0.789. The molecular formula is C16H18N4. The number of hydrogen-bond donors (Lipinski definition) is 1. The van der Waals surface area contributed by atoms with Gasteiger partial charge in [0.15, 0.2) is 11.5 Å². The van der Waals surface area contributed by atoms with Crippen LogP contribution in [0.15, 0.2) is 42.6 Å². The fraction of sp³-hybridized carbons (Fsp3) is 0.250. The molecule has 102 valence electrons. The summed E-state index contributed by atoms with van der Waals surface area (Å²) in [5.41, 5.74) is 4.82. The Bertz CT molecular complexity index is 730. The lowest BCUT2D eigenvalue weighted by atomic mass is 10.1. The Balaban J connectivity index is 1.69. The van der Waals surface area contributed by atoms with E-state index in [1.165, 1.54) is 16.7 Å². The van der Waals surface area contributed by atoms with Crippen LogP contribution < -0.4 is 5.32 Å². The molecule has 1 aromatic carbocycles. The molecule has 0 aliphatic rings. The van der Waals surface area contributed by atoms with Gasteiger partial charge < -0.3 is 5.32 Å². The van der Waals surface area contributed by atoms with Gasteiger partial charge in [-0.05, 0) is 37.1 Å². The van der Waals surface area contributed by atoms with Gasteiger partial charge in [0.25, 0.3) is 0 Å². The number of nitrogens with zero attached hydrogens (tertiary/aromatic N) is 3. The minimum Gasteiger partial charge on any atom is -0.306 e. The highest BCUT2D eigenvalue weighted by atomic mass is 15.3. The Morgan fingerprint density at radius 3 is 2.85 bits per heavy atom. The molecule has 0 amide bonds. The third-order valence-electron chi connectivity index (χ3n) is 3.49. The molecule has 0 bridgehead atoms. The van der Waals surface area contributed by atoms with Crippen LogP contribution in [0.2, 0.25) is 0 Å². The molecule has 3 aromatic rings. The third kappa shape index (κ3) is 2.56. The first kappa shape index (κ1) is 12.8. The number of aromatic nitrogens is 3. The maximum Gasteiger partial charge on any atom is 0.160 e. The molecule has 0 saturated heterocycles. The van der Waals surface area contributed by atoms with Crippen LogP contribution in [0, 0.1) is 13.8 Å². The van der Waals surface area contributed by atoms with Crippen LogP contribution in [0.4, 0.5) is 0 Å². The van der Waals surface area contributed by atoms with Crippen molar-refractivity contribution in [3.63, 3.8) is 0 Å². The average Bonchev–Trinajstić information content (AvgIpc) is 2.86. The summed E-state index contributed by atoms with van der Waals surface area (Å²) in [5.74, 6) is 0.936. The van der Waals surface area contributed by atoms with E-state index in [2.05, 4.69) is 47.6 Å². The van der Waals surface area contributed by atoms with Crippen molar-refractivity contribution in [2.24, 2.45) is 0 Å². The molecule has 0 spiro atoms. The minimum absolute atomic E-state index is 0.707. The second kappa shape index (κ2) is 5.43. The van der Waals surface area contributed by atoms with Crippen LogP contribution in [0.5, 0.6) is 0 Å². The maximum atomic E-state index is 4.22. The Hall–Kier alpha value is -2.20. The van der Waals surface area contributed by atoms with E-state index >= 15 is 0 Å². The van der Waals surface area contributed by atoms with Crippen molar-refractivity contribution in [1.82, 2.24) is 19.9 Å². The van der Waals surface area contributed by atoms with E-state index in [4.69, 9.17) is 0 Å². The van der Waals surface area contributed by atoms with E-state index in [1.54, 1.807) is 0 Å². The van der Waals surface area contributed by atoms with Crippen molar-refractivity contribution in [3.05, 3.63) is 65.1 Å². The second-order valence-corrected chi connectivity index (χ2v) is 5.08. The van der Waals surface area contributed by atoms with Crippen LogP contribution in [0.3, 0.4) is 0 Å². The van der Waals surface area contributed by atoms with Gasteiger partial charge in [0.1, 0.15) is 0 Å². The van der Waals surface area contributed by atoms with E-state index in [9.17, 15) is 0 Å². The molecule has 0 saturated carbocycles. The minimum atomic E-state index is 0.707. The van der Waals surface area contributed by atoms with Crippen molar-refractivity contribution in [2.45, 2.75) is 26.9 Å². The van der Waals surface area contributed by atoms with Crippen LogP contribution in [0.25, 0.3) is 5.65 Å². The Morgan fingerprint density at radius 2 is 1.95 bits per heavy atom. The molecule has 0 aliphatic carbocycles. The van der Waals surface area contributed by atoms with Crippen molar-refractivity contribution >= 4 is 5.65 Å². The Morgan fingerprint density at radius 1 is 1.05 bits per heavy atom. The first-order valence-corrected chi connectivity index (χ1v) is 6.79. The summed E-state index contributed by atoms with van der Waals surface area (Å²) in [6.45, 7) is 5.81. The molecule has 0 aliphatic heterocycles. The lowest BCUT2D eigenvalue weighted by Crippen LogP contribution is -2.15. The van der Waals surface area contributed by atoms with Gasteiger partial charge in [0.05, 0.1) is 6.54 Å². The lowest BCUT2D eigenvalue weighted by molar-refractivity contribution is 0.654. The highest BCUT2D eigenvalue weighted by molar-refractivity contribution is 5.37. The maximum absolute atomic E-state index is 4.22. The molecule has 0 atom stereocenters. The molecule has 3 rings (SSSR count). The van der Waals surface area contributed by atoms with Gasteiger partial charge in [-0.1, -0.05) is 29.8 Å². The molecule has 4 heteroatoms. The number of nitrogens with one attached hydrogen (secondary N) is 1. The van der Waals surface area contributed by atoms with Gasteiger partial charge in [0.2, 0.25) is 0 Å². The summed E-state index contributed by atoms with van der Waals surface area (Å²) in [6, 6.07) is 12.5. The van der Waals surface area contributed by atoms with E-state index in [-0.39, 0.29) is 0 Å². The average molecular weight is 266 g/mol. The van der Waals surface area contributed by atoms with Gasteiger partial charge in [-0.3, -0.25) is 4.40 Å². The van der Waals surface area contributed by atoms with E-state index in [0.29, 0.717) is 6.54 Å². The molecule has 2 aromatic heterocycles. The fourth-order valence-corrected chi connectivity index (χ4v) is 2.31. The van der Waals surface area contributed by atoms with Gasteiger partial charge >= 0.3 is 0 Å². The number of rotatable bonds is 4. The molecule has 4 nitrogen and oxygen atoms in total. The first-order valence-electron chi connectivity index (χ1n) is 6.79. The number of benzene rings is 1. The summed E-state index contributed by atoms with van der Waals surface area (Å²) < 4.78 is 2.01. The van der Waals surface area contributed by atoms with E-state index in [0.717, 1.165) is 18.0 Å². The van der Waals surface area contributed by atoms with Gasteiger partial charge in [-0.15, -0.1) is 10.2 Å². The van der Waals surface area contributed by atoms with Crippen molar-refractivity contribution in [2.75, 3.05) is 0 Å². The van der Waals surface area contributed by atoms with E-state index in [1.807, 2.05) is 28.8 Å². The molecule has 20 heavy (non-hydrogen) atoms. The van der Waals surface area contributed by atoms with Crippen LogP contribution in [-0.4, -0.2) is 14.6 Å². The Labute approximate surface area is 118 Å². The summed E-state index contributed by atoms with van der Waals surface area (Å²) in [4.78, 5) is 0. The monoisotopic (exact) mass is 266 g/mol. The van der Waals surface area contributed by atoms with E-state index < -0.39 is 0 Å². The molecule has 2 heterocycles. The largest absolute Gasteiger partial charge is 0.306 e. The topological polar surface area (TPSA) is 42.2 Å². The van der Waals surface area contributed by atoms with Gasteiger partial charge in [-0.25, -0.2) is 0 Å². The number of hydrogen-bond acceptors (Lipinski definition) is 3. The van der Waals surface area contributed by atoms with Gasteiger partial charge in [-0.2, -0.15) is 0 Å². The molecular weight excluding hydrogens is 248 g/mol. The highest BCUT2D eigenvalue weighted by Crippen LogP contribution is 2.10. The number of aryl methyl sites for hydroxylation is 2. The molecule has 0 unspecified atom stereocenters. The first-order chi connectivity index (χ1) is 9.74. The zero-order valence-corrected chi connectivity index (χ0v) is 11.8. The van der Waals surface area contributed by atoms with Crippen molar-refractivity contribution < 1.29 is 0 Å². The standard InChI is InChI=1S/C16H18N4/c1-12-6-7-13(2)14(9-12)10-17-11-16-19-18-15-5-3-4-8-20(15)16/h3-9,17H,10-11H2,1-2H3. The summed E-state index contributed by atoms with van der Waals surface area (Å²) >= 11 is 0. The molecule has 0 fully saturated rings.